The summed E-state index contributed by atoms with van der Waals surface area (Å²) in [5.74, 6) is -0.614. The summed E-state index contributed by atoms with van der Waals surface area (Å²) in [4.78, 5) is 12.5. The quantitative estimate of drug-likeness (QED) is 0.622. The van der Waals surface area contributed by atoms with Crippen molar-refractivity contribution in [3.8, 4) is 0 Å². The van der Waals surface area contributed by atoms with Gasteiger partial charge in [0.25, 0.3) is 0 Å². The van der Waals surface area contributed by atoms with Crippen molar-refractivity contribution in [2.24, 2.45) is 5.92 Å². The van der Waals surface area contributed by atoms with Gasteiger partial charge in [-0.3, -0.25) is 9.69 Å². The van der Waals surface area contributed by atoms with Crippen LogP contribution in [0.4, 0.5) is 0 Å². The number of carboxylic acid groups (broad SMARTS) is 1. The topological polar surface area (TPSA) is 60.8 Å². The first-order valence-corrected chi connectivity index (χ1v) is 4.70. The molecule has 1 atom stereocenters. The molecule has 4 nitrogen and oxygen atoms in total. The summed E-state index contributed by atoms with van der Waals surface area (Å²) < 4.78 is 0. The van der Waals surface area contributed by atoms with Gasteiger partial charge in [-0.05, 0) is 18.8 Å². The molecule has 1 rings (SSSR count). The molecular weight excluding hydrogens is 170 g/mol. The fourth-order valence-electron chi connectivity index (χ4n) is 1.41. The number of hydrogen-bond donors (Lipinski definition) is 2. The number of hydrogen-bond acceptors (Lipinski definition) is 3. The van der Waals surface area contributed by atoms with E-state index in [1.165, 1.54) is 0 Å². The van der Waals surface area contributed by atoms with E-state index in [2.05, 4.69) is 0 Å². The molecular formula is C9H17NO3. The Balaban J connectivity index is 2.33. The number of carboxylic acids is 1. The molecule has 0 amide bonds. The molecule has 0 spiro atoms. The highest BCUT2D eigenvalue weighted by Crippen LogP contribution is 2.27. The maximum atomic E-state index is 10.5. The SMILES string of the molecule is CC(CO)CN(CC(=O)O)C1CC1. The van der Waals surface area contributed by atoms with Gasteiger partial charge in [-0.15, -0.1) is 0 Å². The normalized spacial score (nSPS) is 19.0. The van der Waals surface area contributed by atoms with E-state index in [0.717, 1.165) is 12.8 Å². The molecule has 0 aromatic heterocycles. The molecule has 0 aromatic carbocycles. The van der Waals surface area contributed by atoms with Crippen molar-refractivity contribution in [3.05, 3.63) is 0 Å². The molecule has 0 heterocycles. The summed E-state index contributed by atoms with van der Waals surface area (Å²) in [6.07, 6.45) is 2.21. The third-order valence-electron chi connectivity index (χ3n) is 2.26. The van der Waals surface area contributed by atoms with E-state index in [1.807, 2.05) is 11.8 Å². The van der Waals surface area contributed by atoms with Gasteiger partial charge in [0.05, 0.1) is 6.54 Å². The standard InChI is InChI=1S/C9H17NO3/c1-7(6-11)4-10(5-9(12)13)8-2-3-8/h7-8,11H,2-6H2,1H3,(H,12,13). The van der Waals surface area contributed by atoms with Crippen LogP contribution in [0.3, 0.4) is 0 Å². The molecule has 0 radical (unpaired) electrons. The lowest BCUT2D eigenvalue weighted by Gasteiger charge is -2.22. The van der Waals surface area contributed by atoms with Crippen LogP contribution >= 0.6 is 0 Å². The molecule has 0 bridgehead atoms. The minimum absolute atomic E-state index is 0.106. The van der Waals surface area contributed by atoms with Gasteiger partial charge < -0.3 is 10.2 Å². The van der Waals surface area contributed by atoms with Crippen LogP contribution in [0.25, 0.3) is 0 Å². The van der Waals surface area contributed by atoms with Crippen LogP contribution in [0, 0.1) is 5.92 Å². The van der Waals surface area contributed by atoms with Crippen LogP contribution in [-0.4, -0.2) is 46.8 Å². The van der Waals surface area contributed by atoms with E-state index in [4.69, 9.17) is 10.2 Å². The summed E-state index contributed by atoms with van der Waals surface area (Å²) in [6, 6.07) is 0.449. The lowest BCUT2D eigenvalue weighted by molar-refractivity contribution is -0.138. The number of aliphatic carboxylic acids is 1. The zero-order valence-corrected chi connectivity index (χ0v) is 7.94. The molecule has 4 heteroatoms. The van der Waals surface area contributed by atoms with Crippen LogP contribution in [0.1, 0.15) is 19.8 Å². The minimum atomic E-state index is -0.781. The molecule has 13 heavy (non-hydrogen) atoms. The van der Waals surface area contributed by atoms with E-state index >= 15 is 0 Å². The predicted octanol–water partition coefficient (Wildman–Crippen LogP) is 0.164. The Morgan fingerprint density at radius 1 is 1.62 bits per heavy atom. The zero-order valence-electron chi connectivity index (χ0n) is 7.94. The Kier molecular flexibility index (Phi) is 3.69. The van der Waals surface area contributed by atoms with Gasteiger partial charge in [-0.2, -0.15) is 0 Å². The monoisotopic (exact) mass is 187 g/mol. The summed E-state index contributed by atoms with van der Waals surface area (Å²) in [5.41, 5.74) is 0. The molecule has 0 aromatic rings. The molecule has 1 fully saturated rings. The first-order valence-electron chi connectivity index (χ1n) is 4.70. The highest BCUT2D eigenvalue weighted by molar-refractivity contribution is 5.69. The molecule has 1 unspecified atom stereocenters. The van der Waals surface area contributed by atoms with Crippen molar-refractivity contribution in [2.45, 2.75) is 25.8 Å². The lowest BCUT2D eigenvalue weighted by Crippen LogP contribution is -2.36. The van der Waals surface area contributed by atoms with Crippen LogP contribution < -0.4 is 0 Å². The second-order valence-corrected chi connectivity index (χ2v) is 3.84. The van der Waals surface area contributed by atoms with Gasteiger partial charge in [-0.1, -0.05) is 6.92 Å². The Bertz CT molecular complexity index is 180. The third-order valence-corrected chi connectivity index (χ3v) is 2.26. The maximum absolute atomic E-state index is 10.5. The van der Waals surface area contributed by atoms with Crippen LogP contribution in [0.2, 0.25) is 0 Å². The smallest absolute Gasteiger partial charge is 0.317 e. The van der Waals surface area contributed by atoms with Crippen LogP contribution in [-0.2, 0) is 4.79 Å². The summed E-state index contributed by atoms with van der Waals surface area (Å²) in [6.45, 7) is 2.85. The van der Waals surface area contributed by atoms with Crippen molar-refractivity contribution in [1.29, 1.82) is 0 Å². The van der Waals surface area contributed by atoms with Crippen molar-refractivity contribution in [1.82, 2.24) is 4.90 Å². The van der Waals surface area contributed by atoms with E-state index in [9.17, 15) is 4.79 Å². The Morgan fingerprint density at radius 3 is 2.62 bits per heavy atom. The Hall–Kier alpha value is -0.610. The average molecular weight is 187 g/mol. The average Bonchev–Trinajstić information content (AvgIpc) is 2.84. The number of carbonyl (C=O) groups is 1. The second-order valence-electron chi connectivity index (χ2n) is 3.84. The Morgan fingerprint density at radius 2 is 2.23 bits per heavy atom. The number of rotatable bonds is 6. The molecule has 1 aliphatic carbocycles. The zero-order chi connectivity index (χ0) is 9.84. The molecule has 2 N–H and O–H groups in total. The van der Waals surface area contributed by atoms with Crippen molar-refractivity contribution in [2.75, 3.05) is 19.7 Å². The number of aliphatic hydroxyl groups excluding tert-OH is 1. The maximum Gasteiger partial charge on any atom is 0.317 e. The fourth-order valence-corrected chi connectivity index (χ4v) is 1.41. The first-order chi connectivity index (χ1) is 6.13. The van der Waals surface area contributed by atoms with Gasteiger partial charge in [0.2, 0.25) is 0 Å². The Labute approximate surface area is 78.2 Å². The third kappa shape index (κ3) is 3.74. The second kappa shape index (κ2) is 4.58. The molecule has 0 aliphatic heterocycles. The molecule has 76 valence electrons. The highest BCUT2D eigenvalue weighted by Gasteiger charge is 2.30. The van der Waals surface area contributed by atoms with Crippen LogP contribution in [0.15, 0.2) is 0 Å². The van der Waals surface area contributed by atoms with Crippen molar-refractivity contribution in [3.63, 3.8) is 0 Å². The van der Waals surface area contributed by atoms with Gasteiger partial charge >= 0.3 is 5.97 Å². The van der Waals surface area contributed by atoms with Crippen molar-refractivity contribution >= 4 is 5.97 Å². The number of aliphatic hydroxyl groups is 1. The van der Waals surface area contributed by atoms with Gasteiger partial charge in [0.15, 0.2) is 0 Å². The lowest BCUT2D eigenvalue weighted by atomic mass is 10.2. The van der Waals surface area contributed by atoms with Gasteiger partial charge in [0, 0.05) is 19.2 Å². The molecule has 0 saturated heterocycles. The number of nitrogens with zero attached hydrogens (tertiary/aromatic N) is 1. The summed E-state index contributed by atoms with van der Waals surface area (Å²) in [7, 11) is 0. The minimum Gasteiger partial charge on any atom is -0.480 e. The first kappa shape index (κ1) is 10.5. The van der Waals surface area contributed by atoms with E-state index in [-0.39, 0.29) is 19.1 Å². The highest BCUT2D eigenvalue weighted by atomic mass is 16.4. The molecule has 1 aliphatic rings. The van der Waals surface area contributed by atoms with Gasteiger partial charge in [0.1, 0.15) is 0 Å². The van der Waals surface area contributed by atoms with E-state index < -0.39 is 5.97 Å². The fraction of sp³-hybridized carbons (Fsp3) is 0.889. The van der Waals surface area contributed by atoms with Crippen molar-refractivity contribution < 1.29 is 15.0 Å². The predicted molar refractivity (Wildman–Crippen MR) is 48.5 cm³/mol. The van der Waals surface area contributed by atoms with Crippen LogP contribution in [0.5, 0.6) is 0 Å². The van der Waals surface area contributed by atoms with E-state index in [1.54, 1.807) is 0 Å². The summed E-state index contributed by atoms with van der Waals surface area (Å²) >= 11 is 0. The molecule has 1 saturated carbocycles. The van der Waals surface area contributed by atoms with Gasteiger partial charge in [-0.25, -0.2) is 0 Å². The largest absolute Gasteiger partial charge is 0.480 e. The van der Waals surface area contributed by atoms with E-state index in [0.29, 0.717) is 12.6 Å². The summed E-state index contributed by atoms with van der Waals surface area (Å²) in [5, 5.41) is 17.5.